The number of benzene rings is 6. The SMILES string of the molecule is Cc1ccc2c3c(c4c(c2c1)OC(c1ccccc1)(c1ccc(-c2ccccc2)cc1)C=C4)C(C)(C)c1cc(F)ccc1-3. The molecule has 2 aliphatic rings. The third kappa shape index (κ3) is 3.76. The van der Waals surface area contributed by atoms with E-state index in [9.17, 15) is 4.39 Å². The standard InChI is InChI=1S/C41H31FO/c1-26-14-20-32-35(24-26)39-34(38-37(32)33-21-19-31(42)25-36(33)40(38,2)3)22-23-41(43-39,29-12-8-5-9-13-29)30-17-15-28(16-18-30)27-10-6-4-7-11-27/h4-25H,1-3H3. The minimum absolute atomic E-state index is 0.206. The van der Waals surface area contributed by atoms with Crippen molar-refractivity contribution in [3.63, 3.8) is 0 Å². The zero-order valence-corrected chi connectivity index (χ0v) is 24.5. The lowest BCUT2D eigenvalue weighted by Crippen LogP contribution is -2.35. The molecule has 1 atom stereocenters. The summed E-state index contributed by atoms with van der Waals surface area (Å²) in [7, 11) is 0. The van der Waals surface area contributed by atoms with Gasteiger partial charge in [0.2, 0.25) is 0 Å². The molecule has 0 bridgehead atoms. The summed E-state index contributed by atoms with van der Waals surface area (Å²) in [6.45, 7) is 6.52. The fourth-order valence-electron chi connectivity index (χ4n) is 7.28. The van der Waals surface area contributed by atoms with Gasteiger partial charge in [-0.2, -0.15) is 0 Å². The Hall–Kier alpha value is -4.95. The normalized spacial score (nSPS) is 17.7. The van der Waals surface area contributed by atoms with Crippen molar-refractivity contribution in [1.29, 1.82) is 0 Å². The van der Waals surface area contributed by atoms with E-state index in [1.807, 2.05) is 18.2 Å². The Morgan fingerprint density at radius 1 is 0.651 bits per heavy atom. The monoisotopic (exact) mass is 558 g/mol. The van der Waals surface area contributed by atoms with Gasteiger partial charge in [0.25, 0.3) is 0 Å². The first-order valence-corrected chi connectivity index (χ1v) is 14.9. The number of hydrogen-bond acceptors (Lipinski definition) is 1. The molecule has 1 aliphatic carbocycles. The molecule has 8 rings (SSSR count). The molecule has 0 radical (unpaired) electrons. The lowest BCUT2D eigenvalue weighted by Gasteiger charge is -2.38. The van der Waals surface area contributed by atoms with Gasteiger partial charge in [0.05, 0.1) is 0 Å². The van der Waals surface area contributed by atoms with E-state index in [1.165, 1.54) is 27.8 Å². The van der Waals surface area contributed by atoms with Crippen molar-refractivity contribution in [2.75, 3.05) is 0 Å². The third-order valence-corrected chi connectivity index (χ3v) is 9.37. The Labute approximate surface area is 251 Å². The minimum atomic E-state index is -0.823. The quantitative estimate of drug-likeness (QED) is 0.210. The Morgan fingerprint density at radius 3 is 2.07 bits per heavy atom. The fraction of sp³-hybridized carbons (Fsp3) is 0.122. The molecule has 43 heavy (non-hydrogen) atoms. The molecule has 1 nitrogen and oxygen atoms in total. The van der Waals surface area contributed by atoms with Crippen LogP contribution in [0.4, 0.5) is 4.39 Å². The number of halogens is 1. The third-order valence-electron chi connectivity index (χ3n) is 9.37. The van der Waals surface area contributed by atoms with Crippen LogP contribution in [0.1, 0.15) is 47.2 Å². The maximum atomic E-state index is 14.6. The van der Waals surface area contributed by atoms with Crippen molar-refractivity contribution in [1.82, 2.24) is 0 Å². The summed E-state index contributed by atoms with van der Waals surface area (Å²) in [6.07, 6.45) is 4.46. The number of ether oxygens (including phenoxy) is 1. The van der Waals surface area contributed by atoms with Gasteiger partial charge in [-0.3, -0.25) is 0 Å². The van der Waals surface area contributed by atoms with Crippen LogP contribution in [-0.4, -0.2) is 0 Å². The zero-order chi connectivity index (χ0) is 29.3. The summed E-state index contributed by atoms with van der Waals surface area (Å²) in [6, 6.07) is 41.5. The maximum absolute atomic E-state index is 14.6. The van der Waals surface area contributed by atoms with Crippen LogP contribution in [-0.2, 0) is 11.0 Å². The minimum Gasteiger partial charge on any atom is -0.472 e. The molecule has 6 aromatic rings. The molecule has 2 heteroatoms. The molecular formula is C41H31FO. The summed E-state index contributed by atoms with van der Waals surface area (Å²) in [5.74, 6) is 0.666. The summed E-state index contributed by atoms with van der Waals surface area (Å²) < 4.78 is 22.0. The lowest BCUT2D eigenvalue weighted by molar-refractivity contribution is 0.163. The van der Waals surface area contributed by atoms with Gasteiger partial charge in [0, 0.05) is 27.5 Å². The van der Waals surface area contributed by atoms with Crippen molar-refractivity contribution < 1.29 is 9.13 Å². The highest BCUT2D eigenvalue weighted by atomic mass is 19.1. The van der Waals surface area contributed by atoms with Gasteiger partial charge in [-0.1, -0.05) is 129 Å². The molecule has 1 aliphatic heterocycles. The van der Waals surface area contributed by atoms with E-state index in [-0.39, 0.29) is 5.82 Å². The molecule has 0 amide bonds. The molecule has 0 saturated heterocycles. The van der Waals surface area contributed by atoms with Gasteiger partial charge < -0.3 is 4.74 Å². The van der Waals surface area contributed by atoms with Crippen molar-refractivity contribution in [2.24, 2.45) is 0 Å². The molecule has 0 N–H and O–H groups in total. The largest absolute Gasteiger partial charge is 0.472 e. The molecule has 1 unspecified atom stereocenters. The van der Waals surface area contributed by atoms with Gasteiger partial charge in [0.1, 0.15) is 11.6 Å². The first kappa shape index (κ1) is 25.7. The first-order valence-electron chi connectivity index (χ1n) is 14.9. The number of hydrogen-bond donors (Lipinski definition) is 0. The maximum Gasteiger partial charge on any atom is 0.178 e. The Balaban J connectivity index is 1.39. The number of fused-ring (bicyclic) bond motifs is 8. The molecule has 0 spiro atoms. The second-order valence-corrected chi connectivity index (χ2v) is 12.3. The summed E-state index contributed by atoms with van der Waals surface area (Å²) >= 11 is 0. The van der Waals surface area contributed by atoms with E-state index in [2.05, 4.69) is 124 Å². The van der Waals surface area contributed by atoms with E-state index >= 15 is 0 Å². The topological polar surface area (TPSA) is 9.23 Å². The zero-order valence-electron chi connectivity index (χ0n) is 24.5. The van der Waals surface area contributed by atoms with Gasteiger partial charge in [-0.25, -0.2) is 4.39 Å². The van der Waals surface area contributed by atoms with Crippen molar-refractivity contribution >= 4 is 16.8 Å². The van der Waals surface area contributed by atoms with Gasteiger partial charge in [-0.05, 0) is 70.0 Å². The molecular weight excluding hydrogens is 527 g/mol. The van der Waals surface area contributed by atoms with Gasteiger partial charge in [-0.15, -0.1) is 0 Å². The van der Waals surface area contributed by atoms with E-state index in [0.29, 0.717) is 0 Å². The fourth-order valence-corrected chi connectivity index (χ4v) is 7.28. The van der Waals surface area contributed by atoms with Crippen LogP contribution in [0.5, 0.6) is 5.75 Å². The van der Waals surface area contributed by atoms with Crippen LogP contribution in [0, 0.1) is 12.7 Å². The molecule has 0 fully saturated rings. The second-order valence-electron chi connectivity index (χ2n) is 12.3. The molecule has 0 aromatic heterocycles. The van der Waals surface area contributed by atoms with Crippen LogP contribution in [0.25, 0.3) is 39.1 Å². The van der Waals surface area contributed by atoms with Gasteiger partial charge >= 0.3 is 0 Å². The van der Waals surface area contributed by atoms with Crippen LogP contribution < -0.4 is 4.74 Å². The number of aryl methyl sites for hydroxylation is 1. The first-order chi connectivity index (χ1) is 20.9. The molecule has 0 saturated carbocycles. The van der Waals surface area contributed by atoms with Crippen molar-refractivity contribution in [3.05, 3.63) is 167 Å². The van der Waals surface area contributed by atoms with Crippen LogP contribution >= 0.6 is 0 Å². The Kier molecular flexibility index (Phi) is 5.55. The Bertz CT molecular complexity index is 2070. The van der Waals surface area contributed by atoms with Crippen molar-refractivity contribution in [2.45, 2.75) is 31.8 Å². The van der Waals surface area contributed by atoms with Gasteiger partial charge in [0.15, 0.2) is 5.60 Å². The molecule has 208 valence electrons. The lowest BCUT2D eigenvalue weighted by atomic mass is 9.76. The van der Waals surface area contributed by atoms with E-state index in [1.54, 1.807) is 12.1 Å². The molecule has 1 heterocycles. The predicted octanol–water partition coefficient (Wildman–Crippen LogP) is 10.6. The summed E-state index contributed by atoms with van der Waals surface area (Å²) in [4.78, 5) is 0. The Morgan fingerprint density at radius 2 is 1.33 bits per heavy atom. The average Bonchev–Trinajstić information content (AvgIpc) is 3.28. The number of rotatable bonds is 3. The van der Waals surface area contributed by atoms with E-state index in [0.717, 1.165) is 44.3 Å². The average molecular weight is 559 g/mol. The van der Waals surface area contributed by atoms with E-state index in [4.69, 9.17) is 4.74 Å². The van der Waals surface area contributed by atoms with E-state index < -0.39 is 11.0 Å². The van der Waals surface area contributed by atoms with Crippen LogP contribution in [0.3, 0.4) is 0 Å². The van der Waals surface area contributed by atoms with Crippen molar-refractivity contribution in [3.8, 4) is 28.0 Å². The highest BCUT2D eigenvalue weighted by molar-refractivity contribution is 6.08. The predicted molar refractivity (Wildman–Crippen MR) is 175 cm³/mol. The van der Waals surface area contributed by atoms with Crippen LogP contribution in [0.15, 0.2) is 127 Å². The summed E-state index contributed by atoms with van der Waals surface area (Å²) in [5, 5.41) is 2.21. The smallest absolute Gasteiger partial charge is 0.178 e. The second kappa shape index (κ2) is 9.28. The highest BCUT2D eigenvalue weighted by Crippen LogP contribution is 2.58. The highest BCUT2D eigenvalue weighted by Gasteiger charge is 2.44. The van der Waals surface area contributed by atoms with Crippen LogP contribution in [0.2, 0.25) is 0 Å². The summed E-state index contributed by atoms with van der Waals surface area (Å²) in [5.41, 5.74) is 9.99. The molecule has 6 aromatic carbocycles.